The number of carbonyl (C=O) groups excluding carboxylic acids is 1. The molecule has 0 bridgehead atoms. The Kier molecular flexibility index (Phi) is 6.35. The zero-order chi connectivity index (χ0) is 24.4. The summed E-state index contributed by atoms with van der Waals surface area (Å²) >= 11 is 8.15. The zero-order valence-electron chi connectivity index (χ0n) is 18.8. The van der Waals surface area contributed by atoms with Crippen LogP contribution in [0.15, 0.2) is 76.7 Å². The van der Waals surface area contributed by atoms with Gasteiger partial charge in [-0.15, -0.1) is 17.9 Å². The Morgan fingerprint density at radius 2 is 2.11 bits per heavy atom. The third kappa shape index (κ3) is 4.55. The summed E-state index contributed by atoms with van der Waals surface area (Å²) in [5.74, 6) is 0.444. The fourth-order valence-corrected chi connectivity index (χ4v) is 4.78. The molecule has 8 nitrogen and oxygen atoms in total. The van der Waals surface area contributed by atoms with Gasteiger partial charge in [0.2, 0.25) is 4.80 Å². The average molecular weight is 505 g/mol. The first kappa shape index (κ1) is 22.8. The number of carbonyl (C=O) groups is 1. The Hall–Kier alpha value is -3.95. The normalized spacial score (nSPS) is 13.5. The van der Waals surface area contributed by atoms with Crippen molar-refractivity contribution >= 4 is 40.7 Å². The Morgan fingerprint density at radius 3 is 2.91 bits per heavy atom. The van der Waals surface area contributed by atoms with E-state index in [9.17, 15) is 4.79 Å². The van der Waals surface area contributed by atoms with Crippen LogP contribution >= 0.6 is 22.9 Å². The van der Waals surface area contributed by atoms with Crippen LogP contribution in [-0.2, 0) is 4.79 Å². The molecule has 35 heavy (non-hydrogen) atoms. The Morgan fingerprint density at radius 1 is 1.29 bits per heavy atom. The van der Waals surface area contributed by atoms with E-state index in [1.54, 1.807) is 21.6 Å². The van der Waals surface area contributed by atoms with E-state index in [4.69, 9.17) is 21.4 Å². The number of nitrogens with zero attached hydrogens (tertiary/aromatic N) is 5. The van der Waals surface area contributed by atoms with Crippen LogP contribution in [-0.4, -0.2) is 39.7 Å². The molecule has 0 saturated heterocycles. The maximum atomic E-state index is 11.8. The number of amides is 1. The number of benzene rings is 2. The van der Waals surface area contributed by atoms with Crippen LogP contribution in [0.25, 0.3) is 16.9 Å². The largest absolute Gasteiger partial charge is 0.482 e. The molecule has 0 unspecified atom stereocenters. The van der Waals surface area contributed by atoms with Crippen LogP contribution in [0.4, 0.5) is 5.69 Å². The van der Waals surface area contributed by atoms with Gasteiger partial charge in [0, 0.05) is 10.9 Å². The smallest absolute Gasteiger partial charge is 0.262 e. The number of halogens is 1. The van der Waals surface area contributed by atoms with Gasteiger partial charge in [-0.05, 0) is 37.3 Å². The van der Waals surface area contributed by atoms with E-state index in [1.165, 1.54) is 11.3 Å². The number of para-hydroxylation sites is 1. The molecule has 1 aliphatic rings. The van der Waals surface area contributed by atoms with Crippen molar-refractivity contribution in [3.05, 3.63) is 87.8 Å². The van der Waals surface area contributed by atoms with Gasteiger partial charge in [-0.3, -0.25) is 9.79 Å². The highest BCUT2D eigenvalue weighted by molar-refractivity contribution is 7.07. The lowest BCUT2D eigenvalue weighted by Crippen LogP contribution is -2.25. The molecule has 0 aliphatic carbocycles. The number of thiazole rings is 1. The SMILES string of the molecule is C=CCN=c1scc(-c2ccc3c(c2)NC(=O)CO3)n1N=Cc1c(C)nn(-c2ccccc2)c1Cl. The fraction of sp³-hybridized carbons (Fsp3) is 0.120. The van der Waals surface area contributed by atoms with Crippen molar-refractivity contribution in [3.63, 3.8) is 0 Å². The number of hydrogen-bond donors (Lipinski definition) is 1. The molecule has 2 aromatic carbocycles. The van der Waals surface area contributed by atoms with Crippen molar-refractivity contribution < 1.29 is 9.53 Å². The molecule has 1 N–H and O–H groups in total. The van der Waals surface area contributed by atoms with Gasteiger partial charge in [0.25, 0.3) is 5.91 Å². The number of anilines is 1. The van der Waals surface area contributed by atoms with Gasteiger partial charge in [-0.1, -0.05) is 35.9 Å². The van der Waals surface area contributed by atoms with Gasteiger partial charge in [-0.2, -0.15) is 10.2 Å². The number of ether oxygens (including phenoxy) is 1. The number of aryl methyl sites for hydroxylation is 1. The number of hydrogen-bond acceptors (Lipinski definition) is 6. The minimum atomic E-state index is -0.187. The molecule has 0 radical (unpaired) electrons. The van der Waals surface area contributed by atoms with E-state index in [-0.39, 0.29) is 12.5 Å². The van der Waals surface area contributed by atoms with Gasteiger partial charge in [-0.25, -0.2) is 9.36 Å². The van der Waals surface area contributed by atoms with Crippen molar-refractivity contribution in [1.29, 1.82) is 0 Å². The zero-order valence-corrected chi connectivity index (χ0v) is 20.4. The number of rotatable bonds is 6. The van der Waals surface area contributed by atoms with Crippen LogP contribution in [0.1, 0.15) is 11.3 Å². The second-order valence-electron chi connectivity index (χ2n) is 7.67. The molecular formula is C25H21ClN6O2S. The summed E-state index contributed by atoms with van der Waals surface area (Å²) in [6, 6.07) is 15.3. The monoisotopic (exact) mass is 504 g/mol. The second kappa shape index (κ2) is 9.73. The summed E-state index contributed by atoms with van der Waals surface area (Å²) in [6.07, 6.45) is 3.42. The number of nitrogens with one attached hydrogen (secondary N) is 1. The second-order valence-corrected chi connectivity index (χ2v) is 8.87. The first-order valence-corrected chi connectivity index (χ1v) is 12.0. The first-order chi connectivity index (χ1) is 17.0. The molecule has 3 heterocycles. The summed E-state index contributed by atoms with van der Waals surface area (Å²) < 4.78 is 8.92. The molecule has 0 spiro atoms. The summed E-state index contributed by atoms with van der Waals surface area (Å²) in [6.45, 7) is 6.11. The molecule has 1 amide bonds. The van der Waals surface area contributed by atoms with Gasteiger partial charge in [0.05, 0.1) is 41.1 Å². The van der Waals surface area contributed by atoms with Crippen molar-refractivity contribution in [2.75, 3.05) is 18.5 Å². The van der Waals surface area contributed by atoms with Gasteiger partial charge < -0.3 is 10.1 Å². The molecule has 1 aliphatic heterocycles. The predicted octanol–water partition coefficient (Wildman–Crippen LogP) is 4.66. The third-order valence-corrected chi connectivity index (χ3v) is 6.52. The van der Waals surface area contributed by atoms with E-state index in [1.807, 2.05) is 60.8 Å². The predicted molar refractivity (Wildman–Crippen MR) is 139 cm³/mol. The molecule has 4 aromatic rings. The summed E-state index contributed by atoms with van der Waals surface area (Å²) in [4.78, 5) is 17.1. The molecule has 0 saturated carbocycles. The number of aromatic nitrogens is 3. The maximum Gasteiger partial charge on any atom is 0.262 e. The minimum absolute atomic E-state index is 0.0104. The highest BCUT2D eigenvalue weighted by Gasteiger charge is 2.18. The molecule has 0 fully saturated rings. The lowest BCUT2D eigenvalue weighted by atomic mass is 10.1. The lowest BCUT2D eigenvalue weighted by Gasteiger charge is -2.18. The summed E-state index contributed by atoms with van der Waals surface area (Å²) in [5.41, 5.74) is 4.60. The van der Waals surface area contributed by atoms with Crippen LogP contribution < -0.4 is 14.9 Å². The lowest BCUT2D eigenvalue weighted by molar-refractivity contribution is -0.118. The highest BCUT2D eigenvalue weighted by atomic mass is 35.5. The molecule has 5 rings (SSSR count). The van der Waals surface area contributed by atoms with Gasteiger partial charge in [0.1, 0.15) is 10.9 Å². The Labute approximate surface area is 210 Å². The van der Waals surface area contributed by atoms with Crippen molar-refractivity contribution in [2.24, 2.45) is 10.1 Å². The first-order valence-electron chi connectivity index (χ1n) is 10.8. The van der Waals surface area contributed by atoms with Crippen LogP contribution in [0.5, 0.6) is 5.75 Å². The van der Waals surface area contributed by atoms with E-state index in [0.717, 1.165) is 22.6 Å². The molecule has 176 valence electrons. The quantitative estimate of drug-likeness (QED) is 0.306. The van der Waals surface area contributed by atoms with Crippen molar-refractivity contribution in [1.82, 2.24) is 14.5 Å². The third-order valence-electron chi connectivity index (χ3n) is 5.30. The van der Waals surface area contributed by atoms with Crippen LogP contribution in [0.2, 0.25) is 5.15 Å². The molecule has 10 heteroatoms. The van der Waals surface area contributed by atoms with Gasteiger partial charge in [0.15, 0.2) is 6.61 Å². The topological polar surface area (TPSA) is 85.8 Å². The van der Waals surface area contributed by atoms with E-state index in [0.29, 0.717) is 33.5 Å². The maximum absolute atomic E-state index is 11.8. The molecule has 0 atom stereocenters. The van der Waals surface area contributed by atoms with Crippen molar-refractivity contribution in [3.8, 4) is 22.7 Å². The van der Waals surface area contributed by atoms with Crippen molar-refractivity contribution in [2.45, 2.75) is 6.92 Å². The van der Waals surface area contributed by atoms with Crippen LogP contribution in [0.3, 0.4) is 0 Å². The molecular weight excluding hydrogens is 484 g/mol. The standard InChI is InChI=1S/C25H21ClN6O2S/c1-3-11-27-25-32(21(15-35-25)17-9-10-22-20(12-17)29-23(33)14-34-22)28-13-19-16(2)30-31(24(19)26)18-7-5-4-6-8-18/h3-10,12-13,15H,1,11,14H2,2H3,(H,29,33). The minimum Gasteiger partial charge on any atom is -0.482 e. The average Bonchev–Trinajstić information content (AvgIpc) is 3.41. The fourth-order valence-electron chi connectivity index (χ4n) is 3.62. The van der Waals surface area contributed by atoms with E-state index in [2.05, 4.69) is 22.0 Å². The number of fused-ring (bicyclic) bond motifs is 1. The van der Waals surface area contributed by atoms with E-state index >= 15 is 0 Å². The summed E-state index contributed by atoms with van der Waals surface area (Å²) in [7, 11) is 0. The highest BCUT2D eigenvalue weighted by Crippen LogP contribution is 2.33. The van der Waals surface area contributed by atoms with Crippen LogP contribution in [0, 0.1) is 6.92 Å². The van der Waals surface area contributed by atoms with E-state index < -0.39 is 0 Å². The Bertz CT molecular complexity index is 1520. The Balaban J connectivity index is 1.57. The molecule has 2 aromatic heterocycles. The van der Waals surface area contributed by atoms with Gasteiger partial charge >= 0.3 is 0 Å². The summed E-state index contributed by atoms with van der Waals surface area (Å²) in [5, 5.41) is 14.6.